The summed E-state index contributed by atoms with van der Waals surface area (Å²) >= 11 is 1.50. The summed E-state index contributed by atoms with van der Waals surface area (Å²) in [6.45, 7) is 1.90. The molecule has 2 aromatic rings. The zero-order valence-corrected chi connectivity index (χ0v) is 12.4. The standard InChI is InChI=1S/C14H16N2O4S/c1-8-2-4-11(21-8)10-6-16(14(19)15-13(10)18)12-5-3-9(7-17)20-12/h2,4,6,9,12,17H,3,5,7H2,1H3,(H,15,18,19)/t9-,12+/m1/s1. The Labute approximate surface area is 124 Å². The summed E-state index contributed by atoms with van der Waals surface area (Å²) < 4.78 is 7.01. The minimum absolute atomic E-state index is 0.0639. The highest BCUT2D eigenvalue weighted by atomic mass is 32.1. The number of nitrogens with zero attached hydrogens (tertiary/aromatic N) is 1. The monoisotopic (exact) mass is 308 g/mol. The van der Waals surface area contributed by atoms with Crippen LogP contribution in [0.15, 0.2) is 27.9 Å². The largest absolute Gasteiger partial charge is 0.394 e. The first-order valence-electron chi connectivity index (χ1n) is 6.77. The zero-order chi connectivity index (χ0) is 15.0. The van der Waals surface area contributed by atoms with Gasteiger partial charge in [-0.05, 0) is 31.9 Å². The van der Waals surface area contributed by atoms with Crippen LogP contribution in [0.2, 0.25) is 0 Å². The van der Waals surface area contributed by atoms with Crippen molar-refractivity contribution in [2.45, 2.75) is 32.1 Å². The van der Waals surface area contributed by atoms with Crippen LogP contribution in [0, 0.1) is 6.92 Å². The van der Waals surface area contributed by atoms with Crippen LogP contribution in [0.1, 0.15) is 23.9 Å². The topological polar surface area (TPSA) is 84.3 Å². The average molecular weight is 308 g/mol. The third kappa shape index (κ3) is 2.72. The van der Waals surface area contributed by atoms with Crippen LogP contribution in [0.25, 0.3) is 10.4 Å². The van der Waals surface area contributed by atoms with E-state index in [1.807, 2.05) is 19.1 Å². The number of nitrogens with one attached hydrogen (secondary N) is 1. The molecule has 0 bridgehead atoms. The van der Waals surface area contributed by atoms with Crippen LogP contribution in [0.5, 0.6) is 0 Å². The van der Waals surface area contributed by atoms with Gasteiger partial charge in [0.15, 0.2) is 0 Å². The summed E-state index contributed by atoms with van der Waals surface area (Å²) in [5.74, 6) is 0. The Bertz CT molecular complexity index is 761. The maximum Gasteiger partial charge on any atom is 0.330 e. The van der Waals surface area contributed by atoms with Crippen LogP contribution in [-0.2, 0) is 4.74 Å². The van der Waals surface area contributed by atoms with Gasteiger partial charge in [-0.15, -0.1) is 11.3 Å². The van der Waals surface area contributed by atoms with Gasteiger partial charge in [0.05, 0.1) is 18.3 Å². The molecule has 112 valence electrons. The number of hydrogen-bond acceptors (Lipinski definition) is 5. The van der Waals surface area contributed by atoms with Crippen LogP contribution >= 0.6 is 11.3 Å². The number of aliphatic hydroxyl groups is 1. The van der Waals surface area contributed by atoms with Gasteiger partial charge < -0.3 is 9.84 Å². The average Bonchev–Trinajstić information content (AvgIpc) is 3.08. The molecule has 0 aromatic carbocycles. The second kappa shape index (κ2) is 5.59. The van der Waals surface area contributed by atoms with Gasteiger partial charge in [-0.1, -0.05) is 0 Å². The smallest absolute Gasteiger partial charge is 0.330 e. The number of aryl methyl sites for hydroxylation is 1. The summed E-state index contributed by atoms with van der Waals surface area (Å²) in [7, 11) is 0. The molecule has 0 aliphatic carbocycles. The van der Waals surface area contributed by atoms with Gasteiger partial charge in [0.25, 0.3) is 5.56 Å². The Morgan fingerprint density at radius 2 is 2.24 bits per heavy atom. The third-order valence-corrected chi connectivity index (χ3v) is 4.61. The molecular weight excluding hydrogens is 292 g/mol. The van der Waals surface area contributed by atoms with Crippen LogP contribution in [0.4, 0.5) is 0 Å². The second-order valence-electron chi connectivity index (χ2n) is 5.09. The van der Waals surface area contributed by atoms with Crippen LogP contribution in [-0.4, -0.2) is 27.4 Å². The van der Waals surface area contributed by atoms with Crippen molar-refractivity contribution >= 4 is 11.3 Å². The fourth-order valence-electron chi connectivity index (χ4n) is 2.48. The number of ether oxygens (including phenoxy) is 1. The fraction of sp³-hybridized carbons (Fsp3) is 0.429. The van der Waals surface area contributed by atoms with Crippen molar-refractivity contribution in [3.63, 3.8) is 0 Å². The lowest BCUT2D eigenvalue weighted by Gasteiger charge is -2.15. The van der Waals surface area contributed by atoms with Gasteiger partial charge in [0, 0.05) is 16.0 Å². The van der Waals surface area contributed by atoms with Crippen molar-refractivity contribution in [1.29, 1.82) is 0 Å². The molecule has 0 saturated carbocycles. The summed E-state index contributed by atoms with van der Waals surface area (Å²) in [6, 6.07) is 3.80. The van der Waals surface area contributed by atoms with E-state index in [0.29, 0.717) is 18.4 Å². The number of thiophene rings is 1. The Hall–Kier alpha value is -1.70. The SMILES string of the molecule is Cc1ccc(-c2cn([C@@H]3CC[C@H](CO)O3)c(=O)[nH]c2=O)s1. The van der Waals surface area contributed by atoms with Crippen molar-refractivity contribution in [3.05, 3.63) is 44.0 Å². The highest BCUT2D eigenvalue weighted by Gasteiger charge is 2.27. The summed E-state index contributed by atoms with van der Waals surface area (Å²) in [5.41, 5.74) is -0.417. The number of aliphatic hydroxyl groups excluding tert-OH is 1. The van der Waals surface area contributed by atoms with E-state index in [1.54, 1.807) is 6.20 Å². The maximum absolute atomic E-state index is 12.0. The minimum Gasteiger partial charge on any atom is -0.394 e. The predicted octanol–water partition coefficient (Wildman–Crippen LogP) is 1.24. The number of rotatable bonds is 3. The molecule has 21 heavy (non-hydrogen) atoms. The number of H-pyrrole nitrogens is 1. The van der Waals surface area contributed by atoms with E-state index in [4.69, 9.17) is 9.84 Å². The quantitative estimate of drug-likeness (QED) is 0.893. The molecule has 0 spiro atoms. The first-order chi connectivity index (χ1) is 10.1. The lowest BCUT2D eigenvalue weighted by Crippen LogP contribution is -2.33. The third-order valence-electron chi connectivity index (χ3n) is 3.57. The van der Waals surface area contributed by atoms with Crippen molar-refractivity contribution in [2.75, 3.05) is 6.61 Å². The summed E-state index contributed by atoms with van der Waals surface area (Å²) in [6.07, 6.45) is 2.20. The molecule has 1 saturated heterocycles. The van der Waals surface area contributed by atoms with Crippen LogP contribution < -0.4 is 11.2 Å². The summed E-state index contributed by atoms with van der Waals surface area (Å²) in [4.78, 5) is 28.2. The molecule has 6 nitrogen and oxygen atoms in total. The molecule has 1 fully saturated rings. The lowest BCUT2D eigenvalue weighted by atomic mass is 10.2. The summed E-state index contributed by atoms with van der Waals surface area (Å²) in [5, 5.41) is 9.11. The molecule has 2 atom stereocenters. The van der Waals surface area contributed by atoms with E-state index in [0.717, 1.165) is 9.75 Å². The Morgan fingerprint density at radius 3 is 2.86 bits per heavy atom. The zero-order valence-electron chi connectivity index (χ0n) is 11.5. The molecule has 0 amide bonds. The number of aromatic nitrogens is 2. The van der Waals surface area contributed by atoms with Crippen molar-refractivity contribution < 1.29 is 9.84 Å². The maximum atomic E-state index is 12.0. The van der Waals surface area contributed by atoms with E-state index in [-0.39, 0.29) is 12.7 Å². The normalized spacial score (nSPS) is 21.8. The molecule has 3 rings (SSSR count). The number of aromatic amines is 1. The molecule has 1 aliphatic rings. The Balaban J connectivity index is 2.02. The minimum atomic E-state index is -0.486. The molecular formula is C14H16N2O4S. The Morgan fingerprint density at radius 1 is 1.43 bits per heavy atom. The van der Waals surface area contributed by atoms with E-state index in [1.165, 1.54) is 15.9 Å². The predicted molar refractivity (Wildman–Crippen MR) is 79.6 cm³/mol. The van der Waals surface area contributed by atoms with Crippen molar-refractivity contribution in [2.24, 2.45) is 0 Å². The molecule has 2 aromatic heterocycles. The van der Waals surface area contributed by atoms with E-state index >= 15 is 0 Å². The molecule has 3 heterocycles. The number of hydrogen-bond donors (Lipinski definition) is 2. The van der Waals surface area contributed by atoms with Gasteiger partial charge in [0.1, 0.15) is 6.23 Å². The molecule has 1 aliphatic heterocycles. The van der Waals surface area contributed by atoms with E-state index in [2.05, 4.69) is 4.98 Å². The van der Waals surface area contributed by atoms with Gasteiger partial charge in [0.2, 0.25) is 0 Å². The molecule has 7 heteroatoms. The van der Waals surface area contributed by atoms with E-state index < -0.39 is 17.5 Å². The van der Waals surface area contributed by atoms with Crippen molar-refractivity contribution in [3.8, 4) is 10.4 Å². The van der Waals surface area contributed by atoms with Gasteiger partial charge in [-0.25, -0.2) is 4.79 Å². The van der Waals surface area contributed by atoms with Gasteiger partial charge in [-0.3, -0.25) is 14.3 Å². The van der Waals surface area contributed by atoms with E-state index in [9.17, 15) is 9.59 Å². The van der Waals surface area contributed by atoms with Crippen LogP contribution in [0.3, 0.4) is 0 Å². The van der Waals surface area contributed by atoms with Gasteiger partial charge in [-0.2, -0.15) is 0 Å². The first-order valence-corrected chi connectivity index (χ1v) is 7.58. The first kappa shape index (κ1) is 14.2. The Kier molecular flexibility index (Phi) is 3.79. The molecule has 0 unspecified atom stereocenters. The lowest BCUT2D eigenvalue weighted by molar-refractivity contribution is -0.0245. The highest BCUT2D eigenvalue weighted by molar-refractivity contribution is 7.15. The van der Waals surface area contributed by atoms with Gasteiger partial charge >= 0.3 is 5.69 Å². The fourth-order valence-corrected chi connectivity index (χ4v) is 3.35. The van der Waals surface area contributed by atoms with Crippen molar-refractivity contribution in [1.82, 2.24) is 9.55 Å². The molecule has 0 radical (unpaired) electrons. The molecule has 2 N–H and O–H groups in total. The highest BCUT2D eigenvalue weighted by Crippen LogP contribution is 2.29. The second-order valence-corrected chi connectivity index (χ2v) is 6.38.